The van der Waals surface area contributed by atoms with Crippen molar-refractivity contribution in [1.82, 2.24) is 15.3 Å². The molecule has 1 aromatic heterocycles. The Balaban J connectivity index is 1.73. The number of carbonyl (C=O) groups is 1. The molecule has 0 fully saturated rings. The number of benzene rings is 2. The van der Waals surface area contributed by atoms with Gasteiger partial charge >= 0.3 is 11.4 Å². The Hall–Kier alpha value is -3.73. The number of H-pyrrole nitrogens is 2. The number of methoxy groups -OCH3 is 1. The van der Waals surface area contributed by atoms with Crippen LogP contribution in [-0.4, -0.2) is 33.0 Å². The van der Waals surface area contributed by atoms with Crippen molar-refractivity contribution in [3.05, 3.63) is 62.6 Å². The molecule has 0 aliphatic heterocycles. The lowest BCUT2D eigenvalue weighted by Crippen LogP contribution is -2.34. The summed E-state index contributed by atoms with van der Waals surface area (Å²) >= 11 is 5.09. The van der Waals surface area contributed by atoms with E-state index in [1.165, 1.54) is 19.2 Å². The molecule has 3 rings (SSSR count). The maximum absolute atomic E-state index is 12.3. The maximum Gasteiger partial charge on any atom is 0.323 e. The summed E-state index contributed by atoms with van der Waals surface area (Å²) in [4.78, 5) is 39.2. The summed E-state index contributed by atoms with van der Waals surface area (Å²) in [7, 11) is 1.30. The Labute approximate surface area is 156 Å². The van der Waals surface area contributed by atoms with Crippen LogP contribution in [0.3, 0.4) is 0 Å². The summed E-state index contributed by atoms with van der Waals surface area (Å²) in [5, 5.41) is 16.3. The highest BCUT2D eigenvalue weighted by Gasteiger charge is 2.18. The van der Waals surface area contributed by atoms with E-state index in [2.05, 4.69) is 20.6 Å². The standard InChI is InChI=1S/C16H13N5O5S/c1-26-13-5-2-8(6-12(13)21(24)25)14(22)20-16(27)17-9-3-4-10-11(7-9)19-15(23)18-10/h2-7H,1H3,(H2,18,19,23)(H2,17,20,22,27). The number of amides is 1. The van der Waals surface area contributed by atoms with E-state index < -0.39 is 10.8 Å². The summed E-state index contributed by atoms with van der Waals surface area (Å²) in [6.07, 6.45) is 0. The van der Waals surface area contributed by atoms with E-state index in [1.54, 1.807) is 18.2 Å². The van der Waals surface area contributed by atoms with Gasteiger partial charge in [0, 0.05) is 17.3 Å². The number of rotatable bonds is 4. The van der Waals surface area contributed by atoms with Crippen LogP contribution in [0.5, 0.6) is 5.75 Å². The van der Waals surface area contributed by atoms with E-state index in [1.807, 2.05) is 0 Å². The van der Waals surface area contributed by atoms with Crippen molar-refractivity contribution in [2.24, 2.45) is 0 Å². The van der Waals surface area contributed by atoms with Crippen LogP contribution in [-0.2, 0) is 0 Å². The number of nitrogens with zero attached hydrogens (tertiary/aromatic N) is 1. The molecule has 3 aromatic rings. The Bertz CT molecular complexity index is 1120. The number of aromatic amines is 2. The van der Waals surface area contributed by atoms with Crippen molar-refractivity contribution in [1.29, 1.82) is 0 Å². The lowest BCUT2D eigenvalue weighted by molar-refractivity contribution is -0.385. The first-order valence-corrected chi connectivity index (χ1v) is 7.95. The molecule has 1 heterocycles. The third-order valence-corrected chi connectivity index (χ3v) is 3.84. The third-order valence-electron chi connectivity index (χ3n) is 3.64. The average Bonchev–Trinajstić information content (AvgIpc) is 3.00. The van der Waals surface area contributed by atoms with Gasteiger partial charge in [0.25, 0.3) is 5.91 Å². The molecule has 4 N–H and O–H groups in total. The smallest absolute Gasteiger partial charge is 0.323 e. The fourth-order valence-corrected chi connectivity index (χ4v) is 2.63. The highest BCUT2D eigenvalue weighted by atomic mass is 32.1. The fourth-order valence-electron chi connectivity index (χ4n) is 2.42. The van der Waals surface area contributed by atoms with Crippen LogP contribution in [0.15, 0.2) is 41.2 Å². The first kappa shape index (κ1) is 18.1. The molecule has 1 amide bonds. The Morgan fingerprint density at radius 1 is 1.19 bits per heavy atom. The molecule has 0 radical (unpaired) electrons. The van der Waals surface area contributed by atoms with Gasteiger partial charge in [-0.3, -0.25) is 20.2 Å². The largest absolute Gasteiger partial charge is 0.490 e. The first-order chi connectivity index (χ1) is 12.9. The summed E-state index contributed by atoms with van der Waals surface area (Å²) in [6, 6.07) is 8.81. The van der Waals surface area contributed by atoms with Crippen LogP contribution in [0.1, 0.15) is 10.4 Å². The van der Waals surface area contributed by atoms with Gasteiger partial charge < -0.3 is 20.0 Å². The number of imidazole rings is 1. The second-order valence-electron chi connectivity index (χ2n) is 5.39. The lowest BCUT2D eigenvalue weighted by Gasteiger charge is -2.10. The molecular weight excluding hydrogens is 374 g/mol. The monoisotopic (exact) mass is 387 g/mol. The van der Waals surface area contributed by atoms with Crippen LogP contribution in [0.2, 0.25) is 0 Å². The molecule has 0 aliphatic carbocycles. The number of ether oxygens (including phenoxy) is 1. The zero-order valence-electron chi connectivity index (χ0n) is 13.9. The van der Waals surface area contributed by atoms with Crippen LogP contribution >= 0.6 is 12.2 Å². The van der Waals surface area contributed by atoms with Crippen LogP contribution in [0.25, 0.3) is 11.0 Å². The van der Waals surface area contributed by atoms with Crippen molar-refractivity contribution >= 4 is 45.6 Å². The number of nitro benzene ring substituents is 1. The topological polar surface area (TPSA) is 142 Å². The van der Waals surface area contributed by atoms with Crippen molar-refractivity contribution in [2.75, 3.05) is 12.4 Å². The molecule has 0 aliphatic rings. The lowest BCUT2D eigenvalue weighted by atomic mass is 10.1. The highest BCUT2D eigenvalue weighted by molar-refractivity contribution is 7.80. The number of nitro groups is 1. The number of fused-ring (bicyclic) bond motifs is 1. The second-order valence-corrected chi connectivity index (χ2v) is 5.80. The molecular formula is C16H13N5O5S. The number of aromatic nitrogens is 2. The summed E-state index contributed by atoms with van der Waals surface area (Å²) in [5.74, 6) is -0.569. The molecule has 11 heteroatoms. The van der Waals surface area contributed by atoms with Crippen LogP contribution in [0.4, 0.5) is 11.4 Å². The van der Waals surface area contributed by atoms with E-state index in [4.69, 9.17) is 17.0 Å². The molecule has 0 saturated heterocycles. The van der Waals surface area contributed by atoms with Crippen molar-refractivity contribution in [3.63, 3.8) is 0 Å². The molecule has 138 valence electrons. The summed E-state index contributed by atoms with van der Waals surface area (Å²) in [6.45, 7) is 0. The average molecular weight is 387 g/mol. The Morgan fingerprint density at radius 2 is 1.93 bits per heavy atom. The fraction of sp³-hybridized carbons (Fsp3) is 0.0625. The van der Waals surface area contributed by atoms with Crippen molar-refractivity contribution in [2.45, 2.75) is 0 Å². The SMILES string of the molecule is COc1ccc(C(=O)NC(=S)Nc2ccc3[nH]c(=O)[nH]c3c2)cc1[N+](=O)[O-]. The van der Waals surface area contributed by atoms with E-state index in [9.17, 15) is 19.7 Å². The van der Waals surface area contributed by atoms with E-state index in [0.717, 1.165) is 6.07 Å². The molecule has 0 bridgehead atoms. The van der Waals surface area contributed by atoms with Crippen molar-refractivity contribution in [3.8, 4) is 5.75 Å². The molecule has 0 unspecified atom stereocenters. The summed E-state index contributed by atoms with van der Waals surface area (Å²) < 4.78 is 4.90. The predicted octanol–water partition coefficient (Wildman–Crippen LogP) is 1.90. The molecule has 0 spiro atoms. The van der Waals surface area contributed by atoms with Gasteiger partial charge in [-0.1, -0.05) is 0 Å². The van der Waals surface area contributed by atoms with Gasteiger partial charge in [-0.2, -0.15) is 0 Å². The van der Waals surface area contributed by atoms with E-state index in [-0.39, 0.29) is 27.8 Å². The molecule has 0 atom stereocenters. The molecule has 2 aromatic carbocycles. The van der Waals surface area contributed by atoms with Gasteiger partial charge in [-0.15, -0.1) is 0 Å². The molecule has 10 nitrogen and oxygen atoms in total. The zero-order valence-corrected chi connectivity index (χ0v) is 14.7. The first-order valence-electron chi connectivity index (χ1n) is 7.54. The number of hydrogen-bond donors (Lipinski definition) is 4. The Morgan fingerprint density at radius 3 is 2.63 bits per heavy atom. The zero-order chi connectivity index (χ0) is 19.6. The van der Waals surface area contributed by atoms with E-state index >= 15 is 0 Å². The summed E-state index contributed by atoms with van der Waals surface area (Å²) in [5.41, 5.74) is 1.14. The molecule has 27 heavy (non-hydrogen) atoms. The highest BCUT2D eigenvalue weighted by Crippen LogP contribution is 2.27. The van der Waals surface area contributed by atoms with Gasteiger partial charge in [0.05, 0.1) is 23.1 Å². The minimum absolute atomic E-state index is 0.00398. The number of nitrogens with one attached hydrogen (secondary N) is 4. The molecule has 0 saturated carbocycles. The number of hydrogen-bond acceptors (Lipinski definition) is 6. The quantitative estimate of drug-likeness (QED) is 0.304. The van der Waals surface area contributed by atoms with Crippen molar-refractivity contribution < 1.29 is 14.5 Å². The van der Waals surface area contributed by atoms with Gasteiger partial charge in [0.1, 0.15) is 0 Å². The minimum Gasteiger partial charge on any atom is -0.490 e. The normalized spacial score (nSPS) is 10.4. The Kier molecular flexibility index (Phi) is 4.86. The van der Waals surface area contributed by atoms with Gasteiger partial charge in [0.2, 0.25) is 0 Å². The van der Waals surface area contributed by atoms with Gasteiger partial charge in [-0.25, -0.2) is 4.79 Å². The number of carbonyl (C=O) groups excluding carboxylic acids is 1. The predicted molar refractivity (Wildman–Crippen MR) is 102 cm³/mol. The van der Waals surface area contributed by atoms with E-state index in [0.29, 0.717) is 16.7 Å². The van der Waals surface area contributed by atoms with Gasteiger partial charge in [-0.05, 0) is 42.5 Å². The van der Waals surface area contributed by atoms with Gasteiger partial charge in [0.15, 0.2) is 10.9 Å². The minimum atomic E-state index is -0.640. The van der Waals surface area contributed by atoms with Crippen LogP contribution in [0, 0.1) is 10.1 Å². The van der Waals surface area contributed by atoms with Crippen LogP contribution < -0.4 is 21.1 Å². The second kappa shape index (κ2) is 7.25. The third kappa shape index (κ3) is 3.93. The number of anilines is 1. The maximum atomic E-state index is 12.3. The number of thiocarbonyl (C=S) groups is 1.